The summed E-state index contributed by atoms with van der Waals surface area (Å²) in [6.45, 7) is 9.19. The highest BCUT2D eigenvalue weighted by Crippen LogP contribution is 2.53. The molecule has 5 aliphatic rings. The van der Waals surface area contributed by atoms with E-state index in [9.17, 15) is 0 Å². The SMILES string of the molecule is CC1(C)OB(c2cnn(CC34CC5CC(CC(C5)O3)C4)c2)OC1(C)C. The van der Waals surface area contributed by atoms with E-state index in [4.69, 9.17) is 14.0 Å². The smallest absolute Gasteiger partial charge is 0.399 e. The lowest BCUT2D eigenvalue weighted by Crippen LogP contribution is -2.56. The van der Waals surface area contributed by atoms with Gasteiger partial charge in [-0.15, -0.1) is 0 Å². The maximum Gasteiger partial charge on any atom is 0.498 e. The molecule has 1 aromatic heterocycles. The van der Waals surface area contributed by atoms with Gasteiger partial charge in [-0.1, -0.05) is 0 Å². The van der Waals surface area contributed by atoms with Gasteiger partial charge in [-0.2, -0.15) is 5.10 Å². The zero-order valence-corrected chi connectivity index (χ0v) is 15.8. The molecule has 4 heterocycles. The average Bonchev–Trinajstić information content (AvgIpc) is 2.99. The van der Waals surface area contributed by atoms with Gasteiger partial charge in [0.25, 0.3) is 0 Å². The second-order valence-electron chi connectivity index (χ2n) is 9.83. The Morgan fingerprint density at radius 1 is 1.08 bits per heavy atom. The molecule has 0 spiro atoms. The molecule has 136 valence electrons. The highest BCUT2D eigenvalue weighted by molar-refractivity contribution is 6.61. The molecular weight excluding hydrogens is 315 g/mol. The fourth-order valence-electron chi connectivity index (χ4n) is 5.55. The molecule has 1 aromatic rings. The number of hydrogen-bond donors (Lipinski definition) is 0. The van der Waals surface area contributed by atoms with Crippen molar-refractivity contribution < 1.29 is 14.0 Å². The molecule has 0 amide bonds. The van der Waals surface area contributed by atoms with E-state index in [0.717, 1.165) is 23.8 Å². The van der Waals surface area contributed by atoms with Gasteiger partial charge in [0, 0.05) is 17.9 Å². The first-order valence-electron chi connectivity index (χ1n) is 9.79. The number of rotatable bonds is 3. The second-order valence-corrected chi connectivity index (χ2v) is 9.83. The van der Waals surface area contributed by atoms with E-state index < -0.39 is 0 Å². The Hall–Kier alpha value is -0.845. The molecule has 2 unspecified atom stereocenters. The van der Waals surface area contributed by atoms with Crippen LogP contribution in [-0.4, -0.2) is 39.8 Å². The summed E-state index contributed by atoms with van der Waals surface area (Å²) in [7, 11) is -0.337. The van der Waals surface area contributed by atoms with E-state index in [-0.39, 0.29) is 23.9 Å². The lowest BCUT2D eigenvalue weighted by atomic mass is 9.62. The van der Waals surface area contributed by atoms with Gasteiger partial charge >= 0.3 is 7.12 Å². The highest BCUT2D eigenvalue weighted by Gasteiger charge is 2.53. The third-order valence-corrected chi connectivity index (χ3v) is 7.23. The van der Waals surface area contributed by atoms with E-state index in [0.29, 0.717) is 6.10 Å². The lowest BCUT2D eigenvalue weighted by molar-refractivity contribution is -0.226. The van der Waals surface area contributed by atoms with E-state index in [1.165, 1.54) is 32.1 Å². The van der Waals surface area contributed by atoms with Crippen LogP contribution in [0.15, 0.2) is 12.4 Å². The van der Waals surface area contributed by atoms with Crippen molar-refractivity contribution in [1.29, 1.82) is 0 Å². The molecule has 0 aromatic carbocycles. The molecule has 0 radical (unpaired) electrons. The third-order valence-electron chi connectivity index (χ3n) is 7.23. The predicted octanol–water partition coefficient (Wildman–Crippen LogP) is 2.53. The zero-order valence-electron chi connectivity index (χ0n) is 15.8. The summed E-state index contributed by atoms with van der Waals surface area (Å²) in [4.78, 5) is 0. The van der Waals surface area contributed by atoms with Gasteiger partial charge in [0.2, 0.25) is 0 Å². The summed E-state index contributed by atoms with van der Waals surface area (Å²) in [6.07, 6.45) is 10.8. The van der Waals surface area contributed by atoms with Crippen LogP contribution >= 0.6 is 0 Å². The van der Waals surface area contributed by atoms with Crippen LogP contribution in [0.2, 0.25) is 0 Å². The minimum atomic E-state index is -0.337. The Bertz CT molecular complexity index is 633. The van der Waals surface area contributed by atoms with Crippen molar-refractivity contribution in [2.75, 3.05) is 0 Å². The lowest BCUT2D eigenvalue weighted by Gasteiger charge is -2.56. The Kier molecular flexibility index (Phi) is 3.34. The van der Waals surface area contributed by atoms with Crippen LogP contribution in [0, 0.1) is 11.8 Å². The molecule has 5 fully saturated rings. The van der Waals surface area contributed by atoms with Crippen LogP contribution in [0.25, 0.3) is 0 Å². The molecular formula is C19H29BN2O3. The van der Waals surface area contributed by atoms with Gasteiger partial charge in [0.15, 0.2) is 0 Å². The first-order valence-corrected chi connectivity index (χ1v) is 9.79. The van der Waals surface area contributed by atoms with Crippen molar-refractivity contribution in [3.8, 4) is 0 Å². The van der Waals surface area contributed by atoms with Crippen LogP contribution < -0.4 is 5.46 Å². The van der Waals surface area contributed by atoms with Crippen molar-refractivity contribution in [3.63, 3.8) is 0 Å². The summed E-state index contributed by atoms with van der Waals surface area (Å²) in [5.41, 5.74) is 0.378. The van der Waals surface area contributed by atoms with Crippen molar-refractivity contribution in [2.45, 2.75) is 89.3 Å². The maximum atomic E-state index is 6.49. The topological polar surface area (TPSA) is 45.5 Å². The predicted molar refractivity (Wildman–Crippen MR) is 95.6 cm³/mol. The van der Waals surface area contributed by atoms with E-state index in [2.05, 4.69) is 39.0 Å². The molecule has 3 saturated heterocycles. The maximum absolute atomic E-state index is 6.49. The number of nitrogens with zero attached hydrogens (tertiary/aromatic N) is 2. The van der Waals surface area contributed by atoms with Crippen molar-refractivity contribution >= 4 is 12.6 Å². The summed E-state index contributed by atoms with van der Waals surface area (Å²) in [5, 5.41) is 4.61. The molecule has 2 saturated carbocycles. The minimum absolute atomic E-state index is 0.00791. The molecule has 2 aliphatic carbocycles. The Morgan fingerprint density at radius 3 is 2.32 bits per heavy atom. The number of aromatic nitrogens is 2. The van der Waals surface area contributed by atoms with Gasteiger partial charge in [-0.25, -0.2) is 0 Å². The van der Waals surface area contributed by atoms with E-state index >= 15 is 0 Å². The second kappa shape index (κ2) is 5.11. The monoisotopic (exact) mass is 344 g/mol. The Labute approximate surface area is 150 Å². The Balaban J connectivity index is 1.33. The zero-order chi connectivity index (χ0) is 17.4. The van der Waals surface area contributed by atoms with Crippen molar-refractivity contribution in [3.05, 3.63) is 12.4 Å². The number of hydrogen-bond acceptors (Lipinski definition) is 4. The molecule has 0 N–H and O–H groups in total. The van der Waals surface area contributed by atoms with Crippen LogP contribution in [0.3, 0.4) is 0 Å². The standard InChI is InChI=1S/C19H29BN2O3/c1-17(2)18(3,4)25-20(24-17)15-10-21-22(11-15)12-19-8-13-5-14(9-19)7-16(6-13)23-19/h10-11,13-14,16H,5-9,12H2,1-4H3. The molecule has 3 aliphatic heterocycles. The van der Waals surface area contributed by atoms with Gasteiger partial charge in [-0.05, 0) is 71.6 Å². The molecule has 4 bridgehead atoms. The van der Waals surface area contributed by atoms with Gasteiger partial charge < -0.3 is 14.0 Å². The molecule has 2 atom stereocenters. The van der Waals surface area contributed by atoms with Crippen LogP contribution in [0.1, 0.15) is 59.8 Å². The molecule has 6 heteroatoms. The van der Waals surface area contributed by atoms with Crippen molar-refractivity contribution in [1.82, 2.24) is 9.78 Å². The van der Waals surface area contributed by atoms with Crippen LogP contribution in [0.5, 0.6) is 0 Å². The minimum Gasteiger partial charge on any atom is -0.399 e. The largest absolute Gasteiger partial charge is 0.498 e. The normalized spacial score (nSPS) is 40.8. The molecule has 25 heavy (non-hydrogen) atoms. The Morgan fingerprint density at radius 2 is 1.72 bits per heavy atom. The highest BCUT2D eigenvalue weighted by atomic mass is 16.7. The third kappa shape index (κ3) is 2.60. The summed E-state index contributed by atoms with van der Waals surface area (Å²) in [6, 6.07) is 0. The first kappa shape index (κ1) is 16.3. The quantitative estimate of drug-likeness (QED) is 0.791. The van der Waals surface area contributed by atoms with Crippen LogP contribution in [-0.2, 0) is 20.6 Å². The fourth-order valence-corrected chi connectivity index (χ4v) is 5.55. The first-order chi connectivity index (χ1) is 11.7. The van der Waals surface area contributed by atoms with Crippen LogP contribution in [0.4, 0.5) is 0 Å². The van der Waals surface area contributed by atoms with E-state index in [1.807, 2.05) is 10.9 Å². The van der Waals surface area contributed by atoms with Gasteiger partial charge in [0.1, 0.15) is 0 Å². The van der Waals surface area contributed by atoms with Gasteiger partial charge in [-0.3, -0.25) is 4.68 Å². The summed E-state index contributed by atoms with van der Waals surface area (Å²) < 4.78 is 20.8. The number of ether oxygens (including phenoxy) is 1. The summed E-state index contributed by atoms with van der Waals surface area (Å²) >= 11 is 0. The molecule has 6 rings (SSSR count). The average molecular weight is 344 g/mol. The van der Waals surface area contributed by atoms with Crippen molar-refractivity contribution in [2.24, 2.45) is 11.8 Å². The summed E-state index contributed by atoms with van der Waals surface area (Å²) in [5.74, 6) is 1.73. The van der Waals surface area contributed by atoms with Gasteiger partial charge in [0.05, 0.1) is 29.5 Å². The molecule has 5 nitrogen and oxygen atoms in total. The fraction of sp³-hybridized carbons (Fsp3) is 0.842. The van der Waals surface area contributed by atoms with E-state index in [1.54, 1.807) is 0 Å².